The number of nitrogen functional groups attached to an aromatic ring is 1. The van der Waals surface area contributed by atoms with E-state index in [9.17, 15) is 9.59 Å². The minimum absolute atomic E-state index is 0. The molecule has 0 spiro atoms. The summed E-state index contributed by atoms with van der Waals surface area (Å²) in [5.74, 6) is -1.13. The molecule has 1 rings (SSSR count). The van der Waals surface area contributed by atoms with Crippen LogP contribution < -0.4 is 5.73 Å². The molecule has 0 aliphatic heterocycles. The standard InChI is InChI=1S/C19H30N2O4.ClH/c1-4-7-8-13-24-19(23)17-15(10-9-11-16(17)20)18(22)25-14-12-21(5-2)6-3;/h9-11H,4-8,12-14,20H2,1-3H3;1H. The van der Waals surface area contributed by atoms with E-state index in [0.29, 0.717) is 13.2 Å². The summed E-state index contributed by atoms with van der Waals surface area (Å²) in [5.41, 5.74) is 6.36. The second-order valence-corrected chi connectivity index (χ2v) is 5.78. The maximum atomic E-state index is 12.4. The minimum Gasteiger partial charge on any atom is -0.462 e. The number of unbranched alkanes of at least 4 members (excludes halogenated alkanes) is 2. The predicted molar refractivity (Wildman–Crippen MR) is 106 cm³/mol. The number of nitrogens with zero attached hydrogens (tertiary/aromatic N) is 1. The number of anilines is 1. The summed E-state index contributed by atoms with van der Waals surface area (Å²) in [6, 6.07) is 4.75. The van der Waals surface area contributed by atoms with Crippen LogP contribution in [0.15, 0.2) is 18.2 Å². The van der Waals surface area contributed by atoms with Crippen LogP contribution in [0, 0.1) is 0 Å². The van der Waals surface area contributed by atoms with Gasteiger partial charge in [-0.3, -0.25) is 0 Å². The zero-order valence-corrected chi connectivity index (χ0v) is 16.8. The Morgan fingerprint density at radius 3 is 2.27 bits per heavy atom. The van der Waals surface area contributed by atoms with E-state index in [1.54, 1.807) is 18.2 Å². The molecule has 148 valence electrons. The molecule has 7 heteroatoms. The molecule has 0 aromatic heterocycles. The lowest BCUT2D eigenvalue weighted by atomic mass is 10.1. The van der Waals surface area contributed by atoms with E-state index in [2.05, 4.69) is 25.7 Å². The van der Waals surface area contributed by atoms with Crippen molar-refractivity contribution in [3.63, 3.8) is 0 Å². The Bertz CT molecular complexity index is 562. The van der Waals surface area contributed by atoms with E-state index in [0.717, 1.165) is 32.4 Å². The van der Waals surface area contributed by atoms with Gasteiger partial charge in [-0.1, -0.05) is 39.7 Å². The van der Waals surface area contributed by atoms with Gasteiger partial charge in [0.1, 0.15) is 6.61 Å². The number of esters is 2. The molecule has 0 unspecified atom stereocenters. The van der Waals surface area contributed by atoms with Crippen molar-refractivity contribution in [2.45, 2.75) is 40.0 Å². The maximum absolute atomic E-state index is 12.4. The summed E-state index contributed by atoms with van der Waals surface area (Å²) in [4.78, 5) is 26.8. The van der Waals surface area contributed by atoms with Crippen molar-refractivity contribution in [3.8, 4) is 0 Å². The Kier molecular flexibility index (Phi) is 12.5. The SMILES string of the molecule is CCCCCOC(=O)c1c(N)cccc1C(=O)OCCN(CC)CC.Cl. The second-order valence-electron chi connectivity index (χ2n) is 5.78. The fraction of sp³-hybridized carbons (Fsp3) is 0.579. The highest BCUT2D eigenvalue weighted by atomic mass is 35.5. The molecule has 0 amide bonds. The first-order valence-electron chi connectivity index (χ1n) is 9.00. The fourth-order valence-corrected chi connectivity index (χ4v) is 2.44. The summed E-state index contributed by atoms with van der Waals surface area (Å²) < 4.78 is 10.6. The average molecular weight is 387 g/mol. The molecule has 0 aliphatic rings. The number of nitrogens with two attached hydrogens (primary N) is 1. The van der Waals surface area contributed by atoms with E-state index < -0.39 is 11.9 Å². The van der Waals surface area contributed by atoms with Gasteiger partial charge in [0, 0.05) is 12.2 Å². The maximum Gasteiger partial charge on any atom is 0.341 e. The Morgan fingerprint density at radius 2 is 1.65 bits per heavy atom. The van der Waals surface area contributed by atoms with Gasteiger partial charge in [0.25, 0.3) is 0 Å². The number of benzene rings is 1. The third kappa shape index (κ3) is 7.62. The van der Waals surface area contributed by atoms with Gasteiger partial charge in [0.05, 0.1) is 17.7 Å². The molecule has 0 saturated heterocycles. The number of carbonyl (C=O) groups excluding carboxylic acids is 2. The molecule has 1 aromatic carbocycles. The molecule has 0 heterocycles. The van der Waals surface area contributed by atoms with Crippen LogP contribution in [0.4, 0.5) is 5.69 Å². The molecule has 0 saturated carbocycles. The number of hydrogen-bond acceptors (Lipinski definition) is 6. The van der Waals surface area contributed by atoms with Crippen LogP contribution in [0.2, 0.25) is 0 Å². The first-order valence-corrected chi connectivity index (χ1v) is 9.00. The fourth-order valence-electron chi connectivity index (χ4n) is 2.44. The third-order valence-corrected chi connectivity index (χ3v) is 4.04. The van der Waals surface area contributed by atoms with Crippen molar-refractivity contribution >= 4 is 30.0 Å². The summed E-state index contributed by atoms with van der Waals surface area (Å²) in [6.45, 7) is 9.19. The van der Waals surface area contributed by atoms with E-state index in [-0.39, 0.29) is 35.8 Å². The Labute approximate surface area is 162 Å². The van der Waals surface area contributed by atoms with Crippen molar-refractivity contribution in [1.82, 2.24) is 4.90 Å². The lowest BCUT2D eigenvalue weighted by Gasteiger charge is -2.18. The lowest BCUT2D eigenvalue weighted by Crippen LogP contribution is -2.28. The molecule has 0 atom stereocenters. The van der Waals surface area contributed by atoms with Crippen molar-refractivity contribution in [1.29, 1.82) is 0 Å². The number of halogens is 1. The van der Waals surface area contributed by atoms with Gasteiger partial charge in [0.2, 0.25) is 0 Å². The van der Waals surface area contributed by atoms with Gasteiger partial charge < -0.3 is 20.1 Å². The smallest absolute Gasteiger partial charge is 0.341 e. The summed E-state index contributed by atoms with van der Waals surface area (Å²) in [5, 5.41) is 0. The molecular weight excluding hydrogens is 356 g/mol. The van der Waals surface area contributed by atoms with Crippen LogP contribution in [0.5, 0.6) is 0 Å². The quantitative estimate of drug-likeness (QED) is 0.356. The van der Waals surface area contributed by atoms with Gasteiger partial charge in [-0.15, -0.1) is 12.4 Å². The normalized spacial score (nSPS) is 10.3. The number of ether oxygens (including phenoxy) is 2. The zero-order valence-electron chi connectivity index (χ0n) is 16.0. The highest BCUT2D eigenvalue weighted by Crippen LogP contribution is 2.19. The molecule has 0 radical (unpaired) electrons. The Hall–Kier alpha value is -1.79. The van der Waals surface area contributed by atoms with E-state index in [1.807, 2.05) is 0 Å². The van der Waals surface area contributed by atoms with E-state index in [1.165, 1.54) is 0 Å². The van der Waals surface area contributed by atoms with Crippen LogP contribution in [-0.4, -0.2) is 49.7 Å². The van der Waals surface area contributed by atoms with Crippen molar-refractivity contribution in [3.05, 3.63) is 29.3 Å². The summed E-state index contributed by atoms with van der Waals surface area (Å²) >= 11 is 0. The van der Waals surface area contributed by atoms with Gasteiger partial charge >= 0.3 is 11.9 Å². The summed E-state index contributed by atoms with van der Waals surface area (Å²) in [6.07, 6.45) is 2.81. The largest absolute Gasteiger partial charge is 0.462 e. The number of likely N-dealkylation sites (N-methyl/N-ethyl adjacent to an activating group) is 1. The van der Waals surface area contributed by atoms with E-state index in [4.69, 9.17) is 15.2 Å². The first kappa shape index (κ1) is 24.2. The van der Waals surface area contributed by atoms with Gasteiger partial charge in [-0.2, -0.15) is 0 Å². The first-order chi connectivity index (χ1) is 12.0. The zero-order chi connectivity index (χ0) is 18.7. The molecule has 26 heavy (non-hydrogen) atoms. The van der Waals surface area contributed by atoms with Crippen LogP contribution >= 0.6 is 12.4 Å². The Morgan fingerprint density at radius 1 is 1.00 bits per heavy atom. The van der Waals surface area contributed by atoms with Gasteiger partial charge in [-0.25, -0.2) is 9.59 Å². The molecule has 0 bridgehead atoms. The summed E-state index contributed by atoms with van der Waals surface area (Å²) in [7, 11) is 0. The molecule has 1 aromatic rings. The van der Waals surface area contributed by atoms with Crippen LogP contribution in [-0.2, 0) is 9.47 Å². The van der Waals surface area contributed by atoms with Crippen molar-refractivity contribution in [2.24, 2.45) is 0 Å². The number of hydrogen-bond donors (Lipinski definition) is 1. The molecule has 0 aliphatic carbocycles. The van der Waals surface area contributed by atoms with E-state index >= 15 is 0 Å². The minimum atomic E-state index is -0.579. The highest BCUT2D eigenvalue weighted by molar-refractivity contribution is 6.06. The van der Waals surface area contributed by atoms with Crippen LogP contribution in [0.25, 0.3) is 0 Å². The van der Waals surface area contributed by atoms with Crippen molar-refractivity contribution < 1.29 is 19.1 Å². The molecule has 0 fully saturated rings. The monoisotopic (exact) mass is 386 g/mol. The number of rotatable bonds is 11. The van der Waals surface area contributed by atoms with Gasteiger partial charge in [-0.05, 0) is 31.6 Å². The Balaban J connectivity index is 0.00000625. The third-order valence-electron chi connectivity index (χ3n) is 4.04. The average Bonchev–Trinajstić information content (AvgIpc) is 2.61. The lowest BCUT2D eigenvalue weighted by molar-refractivity contribution is 0.0433. The molecule has 6 nitrogen and oxygen atoms in total. The molecule has 2 N–H and O–H groups in total. The number of carbonyl (C=O) groups is 2. The van der Waals surface area contributed by atoms with Crippen LogP contribution in [0.3, 0.4) is 0 Å². The second kappa shape index (κ2) is 13.4. The highest BCUT2D eigenvalue weighted by Gasteiger charge is 2.22. The van der Waals surface area contributed by atoms with Crippen molar-refractivity contribution in [2.75, 3.05) is 38.6 Å². The predicted octanol–water partition coefficient (Wildman–Crippen LogP) is 3.54. The van der Waals surface area contributed by atoms with Gasteiger partial charge in [0.15, 0.2) is 0 Å². The topological polar surface area (TPSA) is 81.9 Å². The van der Waals surface area contributed by atoms with Crippen LogP contribution in [0.1, 0.15) is 60.7 Å². The molecular formula is C19H31ClN2O4.